The summed E-state index contributed by atoms with van der Waals surface area (Å²) in [6.45, 7) is 8.15. The SMILES string of the molecule is CC(=O)N1C=C(c2ccccc2)N(CC(=O)NC(Cc2ccccc2)C(=O)C(=O)NC(C)C)C(=O)C1C(C)C. The predicted octanol–water partition coefficient (Wildman–Crippen LogP) is 2.52. The number of hydrogen-bond donors (Lipinski definition) is 2. The molecule has 0 radical (unpaired) electrons. The molecule has 2 N–H and O–H groups in total. The first-order valence-corrected chi connectivity index (χ1v) is 13.0. The number of ketones is 1. The van der Waals surface area contributed by atoms with Crippen molar-refractivity contribution >= 4 is 35.1 Å². The van der Waals surface area contributed by atoms with Crippen LogP contribution in [0.25, 0.3) is 5.70 Å². The maximum Gasteiger partial charge on any atom is 0.289 e. The summed E-state index contributed by atoms with van der Waals surface area (Å²) >= 11 is 0. The van der Waals surface area contributed by atoms with Crippen molar-refractivity contribution < 1.29 is 24.0 Å². The minimum absolute atomic E-state index is 0.110. The van der Waals surface area contributed by atoms with E-state index in [1.54, 1.807) is 56.4 Å². The van der Waals surface area contributed by atoms with Gasteiger partial charge < -0.3 is 15.5 Å². The number of amides is 4. The standard InChI is InChI=1S/C30H36N4O5/c1-19(2)27-30(39)34(25(17-33(27)21(5)35)23-14-10-7-11-15-23)18-26(36)32-24(16-22-12-8-6-9-13-22)28(37)29(38)31-20(3)4/h6-15,17,19-20,24,27H,16,18H2,1-5H3,(H,31,38)(H,32,36). The van der Waals surface area contributed by atoms with E-state index in [0.29, 0.717) is 11.3 Å². The van der Waals surface area contributed by atoms with Gasteiger partial charge in [0.1, 0.15) is 18.6 Å². The number of rotatable bonds is 10. The molecule has 1 aliphatic rings. The van der Waals surface area contributed by atoms with Crippen LogP contribution in [-0.4, -0.2) is 63.9 Å². The summed E-state index contributed by atoms with van der Waals surface area (Å²) < 4.78 is 0. The molecule has 1 aliphatic heterocycles. The van der Waals surface area contributed by atoms with E-state index in [4.69, 9.17) is 0 Å². The Hall–Kier alpha value is -4.27. The van der Waals surface area contributed by atoms with Gasteiger partial charge in [-0.05, 0) is 30.9 Å². The quantitative estimate of drug-likeness (QED) is 0.456. The molecule has 0 saturated carbocycles. The molecular formula is C30H36N4O5. The molecule has 39 heavy (non-hydrogen) atoms. The van der Waals surface area contributed by atoms with E-state index in [1.807, 2.05) is 38.1 Å². The summed E-state index contributed by atoms with van der Waals surface area (Å²) in [4.78, 5) is 67.9. The van der Waals surface area contributed by atoms with Crippen molar-refractivity contribution in [1.82, 2.24) is 20.4 Å². The summed E-state index contributed by atoms with van der Waals surface area (Å²) in [5.41, 5.74) is 1.82. The van der Waals surface area contributed by atoms with Crippen molar-refractivity contribution in [2.24, 2.45) is 5.92 Å². The van der Waals surface area contributed by atoms with Crippen molar-refractivity contribution in [3.63, 3.8) is 0 Å². The number of carbonyl (C=O) groups excluding carboxylic acids is 5. The molecular weight excluding hydrogens is 496 g/mol. The molecule has 0 fully saturated rings. The van der Waals surface area contributed by atoms with Crippen molar-refractivity contribution in [3.8, 4) is 0 Å². The van der Waals surface area contributed by atoms with E-state index in [1.165, 1.54) is 16.7 Å². The Kier molecular flexibility index (Phi) is 9.76. The highest BCUT2D eigenvalue weighted by Crippen LogP contribution is 2.29. The highest BCUT2D eigenvalue weighted by molar-refractivity contribution is 6.38. The third-order valence-corrected chi connectivity index (χ3v) is 6.32. The second kappa shape index (κ2) is 13.0. The van der Waals surface area contributed by atoms with E-state index in [-0.39, 0.29) is 30.8 Å². The Morgan fingerprint density at radius 1 is 0.872 bits per heavy atom. The molecule has 0 saturated heterocycles. The van der Waals surface area contributed by atoms with Crippen molar-refractivity contribution in [2.45, 2.75) is 59.2 Å². The van der Waals surface area contributed by atoms with Gasteiger partial charge >= 0.3 is 0 Å². The summed E-state index contributed by atoms with van der Waals surface area (Å²) in [5.74, 6) is -3.07. The zero-order valence-corrected chi connectivity index (χ0v) is 23.0. The molecule has 0 spiro atoms. The minimum Gasteiger partial charge on any atom is -0.347 e. The van der Waals surface area contributed by atoms with Crippen LogP contribution in [-0.2, 0) is 30.4 Å². The Balaban J connectivity index is 1.92. The lowest BCUT2D eigenvalue weighted by atomic mass is 9.97. The molecule has 0 bridgehead atoms. The lowest BCUT2D eigenvalue weighted by Gasteiger charge is -2.40. The van der Waals surface area contributed by atoms with Gasteiger partial charge in [0.05, 0.1) is 5.70 Å². The predicted molar refractivity (Wildman–Crippen MR) is 148 cm³/mol. The zero-order chi connectivity index (χ0) is 28.7. The maximum atomic E-state index is 13.7. The summed E-state index contributed by atoms with van der Waals surface area (Å²) in [6.07, 6.45) is 1.71. The van der Waals surface area contributed by atoms with E-state index in [2.05, 4.69) is 10.6 Å². The van der Waals surface area contributed by atoms with Crippen LogP contribution in [0.15, 0.2) is 66.9 Å². The fourth-order valence-corrected chi connectivity index (χ4v) is 4.51. The molecule has 2 unspecified atom stereocenters. The lowest BCUT2D eigenvalue weighted by Crippen LogP contribution is -2.57. The van der Waals surface area contributed by atoms with Gasteiger partial charge in [0, 0.05) is 25.6 Å². The average Bonchev–Trinajstić information content (AvgIpc) is 2.89. The maximum absolute atomic E-state index is 13.7. The van der Waals surface area contributed by atoms with Gasteiger partial charge in [-0.2, -0.15) is 0 Å². The van der Waals surface area contributed by atoms with Gasteiger partial charge in [-0.3, -0.25) is 28.9 Å². The van der Waals surface area contributed by atoms with Crippen molar-refractivity contribution in [1.29, 1.82) is 0 Å². The first kappa shape index (κ1) is 29.3. The average molecular weight is 533 g/mol. The number of Topliss-reactive ketones (excluding diaryl/α,β-unsaturated/α-hetero) is 1. The van der Waals surface area contributed by atoms with E-state index in [0.717, 1.165) is 5.56 Å². The van der Waals surface area contributed by atoms with E-state index < -0.39 is 35.6 Å². The molecule has 206 valence electrons. The fraction of sp³-hybridized carbons (Fsp3) is 0.367. The fourth-order valence-electron chi connectivity index (χ4n) is 4.51. The minimum atomic E-state index is -1.13. The van der Waals surface area contributed by atoms with E-state index in [9.17, 15) is 24.0 Å². The first-order valence-electron chi connectivity index (χ1n) is 13.0. The Morgan fingerprint density at radius 3 is 2.00 bits per heavy atom. The van der Waals surface area contributed by atoms with Crippen LogP contribution in [0.3, 0.4) is 0 Å². The van der Waals surface area contributed by atoms with Gasteiger partial charge in [-0.15, -0.1) is 0 Å². The molecule has 9 nitrogen and oxygen atoms in total. The molecule has 4 amide bonds. The summed E-state index contributed by atoms with van der Waals surface area (Å²) in [7, 11) is 0. The third kappa shape index (κ3) is 7.40. The second-order valence-electron chi connectivity index (χ2n) is 10.2. The zero-order valence-electron chi connectivity index (χ0n) is 23.0. The van der Waals surface area contributed by atoms with Crippen LogP contribution >= 0.6 is 0 Å². The number of carbonyl (C=O) groups is 5. The van der Waals surface area contributed by atoms with Crippen LogP contribution in [0.1, 0.15) is 45.7 Å². The Bertz CT molecular complexity index is 1240. The highest BCUT2D eigenvalue weighted by Gasteiger charge is 2.40. The van der Waals surface area contributed by atoms with Gasteiger partial charge in [0.15, 0.2) is 0 Å². The molecule has 3 rings (SSSR count). The van der Waals surface area contributed by atoms with Gasteiger partial charge in [-0.1, -0.05) is 74.5 Å². The Morgan fingerprint density at radius 2 is 1.46 bits per heavy atom. The van der Waals surface area contributed by atoms with Gasteiger partial charge in [0.2, 0.25) is 17.6 Å². The normalized spacial score (nSPS) is 16.1. The van der Waals surface area contributed by atoms with Gasteiger partial charge in [-0.25, -0.2) is 0 Å². The molecule has 2 aromatic rings. The Labute approximate surface area is 229 Å². The van der Waals surface area contributed by atoms with Crippen LogP contribution in [0.2, 0.25) is 0 Å². The van der Waals surface area contributed by atoms with Crippen molar-refractivity contribution in [3.05, 3.63) is 78.0 Å². The molecule has 9 heteroatoms. The number of benzene rings is 2. The molecule has 1 heterocycles. The van der Waals surface area contributed by atoms with E-state index >= 15 is 0 Å². The summed E-state index contributed by atoms with van der Waals surface area (Å²) in [5, 5.41) is 5.27. The number of nitrogens with zero attached hydrogens (tertiary/aromatic N) is 2. The third-order valence-electron chi connectivity index (χ3n) is 6.32. The van der Waals surface area contributed by atoms with Gasteiger partial charge in [0.25, 0.3) is 11.8 Å². The molecule has 0 aliphatic carbocycles. The smallest absolute Gasteiger partial charge is 0.289 e. The van der Waals surface area contributed by atoms with Crippen LogP contribution in [0.4, 0.5) is 0 Å². The topological polar surface area (TPSA) is 116 Å². The monoisotopic (exact) mass is 532 g/mol. The second-order valence-corrected chi connectivity index (χ2v) is 10.2. The number of hydrogen-bond acceptors (Lipinski definition) is 5. The molecule has 0 aromatic heterocycles. The largest absolute Gasteiger partial charge is 0.347 e. The highest BCUT2D eigenvalue weighted by atomic mass is 16.2. The lowest BCUT2D eigenvalue weighted by molar-refractivity contribution is -0.145. The molecule has 2 atom stereocenters. The summed E-state index contributed by atoms with van der Waals surface area (Å²) in [6, 6.07) is 15.9. The molecule has 2 aromatic carbocycles. The van der Waals surface area contributed by atoms with Crippen LogP contribution in [0, 0.1) is 5.92 Å². The van der Waals surface area contributed by atoms with Crippen LogP contribution in [0.5, 0.6) is 0 Å². The number of nitrogens with one attached hydrogen (secondary N) is 2. The van der Waals surface area contributed by atoms with Crippen molar-refractivity contribution in [2.75, 3.05) is 6.54 Å². The first-order chi connectivity index (χ1) is 18.5. The van der Waals surface area contributed by atoms with Crippen LogP contribution < -0.4 is 10.6 Å².